The van der Waals surface area contributed by atoms with E-state index in [4.69, 9.17) is 4.98 Å². The van der Waals surface area contributed by atoms with E-state index in [1.807, 2.05) is 59.8 Å². The van der Waals surface area contributed by atoms with Gasteiger partial charge in [-0.1, -0.05) is 24.3 Å². The zero-order valence-corrected chi connectivity index (χ0v) is 18.3. The Hall–Kier alpha value is -3.58. The maximum Gasteiger partial charge on any atom is 0.253 e. The first-order valence-corrected chi connectivity index (χ1v) is 10.9. The zero-order chi connectivity index (χ0) is 22.1. The molecule has 3 aromatic rings. The highest BCUT2D eigenvalue weighted by Crippen LogP contribution is 2.28. The van der Waals surface area contributed by atoms with Crippen LogP contribution in [0.4, 0.5) is 11.6 Å². The smallest absolute Gasteiger partial charge is 0.253 e. The molecule has 1 fully saturated rings. The maximum atomic E-state index is 12.9. The Morgan fingerprint density at radius 1 is 1.12 bits per heavy atom. The SMILES string of the molecule is CC1(C)CN(C(=O)c2ccc(Nc3ncc4c(n3)-c3ccccc3C=NC4)cc2)CCN1. The third-order valence-electron chi connectivity index (χ3n) is 5.82. The lowest BCUT2D eigenvalue weighted by molar-refractivity contribution is 0.0652. The maximum absolute atomic E-state index is 12.9. The summed E-state index contributed by atoms with van der Waals surface area (Å²) in [6.07, 6.45) is 3.72. The minimum Gasteiger partial charge on any atom is -0.336 e. The van der Waals surface area contributed by atoms with E-state index >= 15 is 0 Å². The van der Waals surface area contributed by atoms with Crippen LogP contribution in [0.2, 0.25) is 0 Å². The monoisotopic (exact) mass is 426 g/mol. The van der Waals surface area contributed by atoms with Crippen molar-refractivity contribution >= 4 is 23.8 Å². The van der Waals surface area contributed by atoms with E-state index in [1.54, 1.807) is 0 Å². The molecule has 5 rings (SSSR count). The van der Waals surface area contributed by atoms with Gasteiger partial charge in [-0.3, -0.25) is 9.79 Å². The van der Waals surface area contributed by atoms with Crippen molar-refractivity contribution in [1.82, 2.24) is 20.2 Å². The van der Waals surface area contributed by atoms with Crippen molar-refractivity contribution in [3.05, 3.63) is 71.4 Å². The molecule has 2 aliphatic heterocycles. The van der Waals surface area contributed by atoms with Gasteiger partial charge in [-0.25, -0.2) is 9.97 Å². The lowest BCUT2D eigenvalue weighted by atomic mass is 10.0. The molecular weight excluding hydrogens is 400 g/mol. The Morgan fingerprint density at radius 2 is 1.94 bits per heavy atom. The topological polar surface area (TPSA) is 82.5 Å². The Balaban J connectivity index is 1.34. The minimum atomic E-state index is -0.0677. The highest BCUT2D eigenvalue weighted by atomic mass is 16.2. The number of nitrogens with one attached hydrogen (secondary N) is 2. The molecule has 32 heavy (non-hydrogen) atoms. The molecule has 0 aliphatic carbocycles. The zero-order valence-electron chi connectivity index (χ0n) is 18.3. The van der Waals surface area contributed by atoms with Gasteiger partial charge in [0.25, 0.3) is 5.91 Å². The van der Waals surface area contributed by atoms with Gasteiger partial charge in [0.1, 0.15) is 0 Å². The van der Waals surface area contributed by atoms with E-state index in [0.717, 1.165) is 41.2 Å². The van der Waals surface area contributed by atoms with Crippen LogP contribution in [0.3, 0.4) is 0 Å². The second-order valence-electron chi connectivity index (χ2n) is 8.86. The van der Waals surface area contributed by atoms with Crippen LogP contribution < -0.4 is 10.6 Å². The number of nitrogens with zero attached hydrogens (tertiary/aromatic N) is 4. The molecule has 0 radical (unpaired) electrons. The molecule has 162 valence electrons. The average molecular weight is 427 g/mol. The third-order valence-corrected chi connectivity index (χ3v) is 5.82. The molecule has 0 unspecified atom stereocenters. The summed E-state index contributed by atoms with van der Waals surface area (Å²) in [5, 5.41) is 6.70. The molecule has 1 saturated heterocycles. The molecule has 7 nitrogen and oxygen atoms in total. The number of rotatable bonds is 3. The van der Waals surface area contributed by atoms with Crippen LogP contribution in [0, 0.1) is 0 Å². The number of amides is 1. The summed E-state index contributed by atoms with van der Waals surface area (Å²) in [5.74, 6) is 0.576. The molecule has 0 atom stereocenters. The molecule has 1 aromatic heterocycles. The highest BCUT2D eigenvalue weighted by Gasteiger charge is 2.29. The lowest BCUT2D eigenvalue weighted by Crippen LogP contribution is -2.58. The van der Waals surface area contributed by atoms with Gasteiger partial charge >= 0.3 is 0 Å². The Morgan fingerprint density at radius 3 is 2.75 bits per heavy atom. The van der Waals surface area contributed by atoms with Crippen molar-refractivity contribution < 1.29 is 4.79 Å². The Labute approximate surface area is 187 Å². The molecule has 2 N–H and O–H groups in total. The largest absolute Gasteiger partial charge is 0.336 e. The molecule has 0 saturated carbocycles. The van der Waals surface area contributed by atoms with Gasteiger partial charge in [0, 0.05) is 65.5 Å². The number of benzene rings is 2. The van der Waals surface area contributed by atoms with Crippen molar-refractivity contribution in [2.24, 2.45) is 4.99 Å². The van der Waals surface area contributed by atoms with E-state index in [0.29, 0.717) is 24.6 Å². The van der Waals surface area contributed by atoms with Crippen molar-refractivity contribution in [3.8, 4) is 11.3 Å². The summed E-state index contributed by atoms with van der Waals surface area (Å²) in [4.78, 5) is 28.5. The van der Waals surface area contributed by atoms with E-state index in [-0.39, 0.29) is 11.4 Å². The number of fused-ring (bicyclic) bond motifs is 3. The molecule has 3 heterocycles. The number of carbonyl (C=O) groups is 1. The van der Waals surface area contributed by atoms with Crippen molar-refractivity contribution in [1.29, 1.82) is 0 Å². The predicted octanol–water partition coefficient (Wildman–Crippen LogP) is 3.64. The van der Waals surface area contributed by atoms with Crippen molar-refractivity contribution in [3.63, 3.8) is 0 Å². The van der Waals surface area contributed by atoms with Crippen LogP contribution >= 0.6 is 0 Å². The first kappa shape index (κ1) is 20.3. The van der Waals surface area contributed by atoms with Gasteiger partial charge in [0.15, 0.2) is 0 Å². The van der Waals surface area contributed by atoms with Crippen molar-refractivity contribution in [2.75, 3.05) is 25.0 Å². The lowest BCUT2D eigenvalue weighted by Gasteiger charge is -2.39. The van der Waals surface area contributed by atoms with Gasteiger partial charge in [-0.15, -0.1) is 0 Å². The first-order chi connectivity index (χ1) is 15.5. The van der Waals surface area contributed by atoms with E-state index in [2.05, 4.69) is 40.5 Å². The van der Waals surface area contributed by atoms with Crippen LogP contribution in [0.1, 0.15) is 35.3 Å². The van der Waals surface area contributed by atoms with E-state index in [1.165, 1.54) is 0 Å². The van der Waals surface area contributed by atoms with Gasteiger partial charge in [0.05, 0.1) is 12.2 Å². The fourth-order valence-electron chi connectivity index (χ4n) is 4.21. The average Bonchev–Trinajstić information content (AvgIpc) is 2.98. The van der Waals surface area contributed by atoms with Crippen LogP contribution in [-0.2, 0) is 6.54 Å². The molecule has 1 amide bonds. The van der Waals surface area contributed by atoms with Crippen LogP contribution in [-0.4, -0.2) is 52.2 Å². The molecule has 0 spiro atoms. The van der Waals surface area contributed by atoms with Crippen LogP contribution in [0.5, 0.6) is 0 Å². The van der Waals surface area contributed by atoms with Gasteiger partial charge in [0.2, 0.25) is 5.95 Å². The van der Waals surface area contributed by atoms with E-state index in [9.17, 15) is 4.79 Å². The standard InChI is InChI=1S/C25H26N6O/c1-25(2)16-31(12-11-28-25)23(32)17-7-9-20(10-8-17)29-24-27-15-19-14-26-13-18-5-3-4-6-21(18)22(19)30-24/h3-10,13,15,28H,11-12,14,16H2,1-2H3,(H,27,29,30). The summed E-state index contributed by atoms with van der Waals surface area (Å²) in [6, 6.07) is 15.6. The van der Waals surface area contributed by atoms with Gasteiger partial charge in [-0.05, 0) is 38.1 Å². The second-order valence-corrected chi connectivity index (χ2v) is 8.86. The number of hydrogen-bond donors (Lipinski definition) is 2. The molecule has 2 aromatic carbocycles. The number of aromatic nitrogens is 2. The number of carbonyl (C=O) groups excluding carboxylic acids is 1. The third kappa shape index (κ3) is 4.11. The van der Waals surface area contributed by atoms with Crippen LogP contribution in [0.15, 0.2) is 59.7 Å². The fraction of sp³-hybridized carbons (Fsp3) is 0.280. The first-order valence-electron chi connectivity index (χ1n) is 10.9. The van der Waals surface area contributed by atoms with Gasteiger partial charge < -0.3 is 15.5 Å². The highest BCUT2D eigenvalue weighted by molar-refractivity contribution is 5.95. The summed E-state index contributed by atoms with van der Waals surface area (Å²) >= 11 is 0. The summed E-state index contributed by atoms with van der Waals surface area (Å²) in [6.45, 7) is 7.01. The Bertz CT molecular complexity index is 1190. The summed E-state index contributed by atoms with van der Waals surface area (Å²) < 4.78 is 0. The number of aliphatic imine (C=N–C) groups is 1. The molecule has 0 bridgehead atoms. The summed E-state index contributed by atoms with van der Waals surface area (Å²) in [5.41, 5.74) is 5.44. The summed E-state index contributed by atoms with van der Waals surface area (Å²) in [7, 11) is 0. The minimum absolute atomic E-state index is 0.0593. The normalized spacial score (nSPS) is 16.6. The number of anilines is 2. The number of hydrogen-bond acceptors (Lipinski definition) is 6. The fourth-order valence-corrected chi connectivity index (χ4v) is 4.21. The van der Waals surface area contributed by atoms with Crippen molar-refractivity contribution in [2.45, 2.75) is 25.9 Å². The molecular formula is C25H26N6O. The molecule has 7 heteroatoms. The van der Waals surface area contributed by atoms with Crippen LogP contribution in [0.25, 0.3) is 11.3 Å². The second kappa shape index (κ2) is 8.16. The Kier molecular flexibility index (Phi) is 5.19. The molecule has 2 aliphatic rings. The van der Waals surface area contributed by atoms with Gasteiger partial charge in [-0.2, -0.15) is 0 Å². The number of piperazine rings is 1. The van der Waals surface area contributed by atoms with E-state index < -0.39 is 0 Å². The predicted molar refractivity (Wildman–Crippen MR) is 126 cm³/mol. The quantitative estimate of drug-likeness (QED) is 0.668.